The topological polar surface area (TPSA) is 88.2 Å². The van der Waals surface area contributed by atoms with Crippen LogP contribution in [-0.4, -0.2) is 25.4 Å². The summed E-state index contributed by atoms with van der Waals surface area (Å²) in [5, 5.41) is 5.17. The second-order valence-electron chi connectivity index (χ2n) is 7.11. The molecule has 3 aromatic rings. The van der Waals surface area contributed by atoms with E-state index in [4.69, 9.17) is 0 Å². The van der Waals surface area contributed by atoms with Gasteiger partial charge in [-0.25, -0.2) is 18.1 Å². The van der Waals surface area contributed by atoms with Crippen molar-refractivity contribution in [3.8, 4) is 11.3 Å². The number of hydrogen-bond donors (Lipinski definition) is 2. The Balaban J connectivity index is 1.73. The Morgan fingerprint density at radius 1 is 1.07 bits per heavy atom. The molecule has 152 valence electrons. The number of carbonyl (C=O) groups excluding carboxylic acids is 1. The fraction of sp³-hybridized carbons (Fsp3) is 0.238. The number of aryl methyl sites for hydroxylation is 2. The van der Waals surface area contributed by atoms with Gasteiger partial charge in [0.2, 0.25) is 10.0 Å². The minimum Gasteiger partial charge on any atom is -0.298 e. The van der Waals surface area contributed by atoms with E-state index < -0.39 is 10.0 Å². The van der Waals surface area contributed by atoms with Crippen molar-refractivity contribution < 1.29 is 13.2 Å². The molecular formula is C21H23N3O3S2. The molecule has 0 unspecified atom stereocenters. The van der Waals surface area contributed by atoms with Crippen molar-refractivity contribution in [1.29, 1.82) is 0 Å². The predicted molar refractivity (Wildman–Crippen MR) is 117 cm³/mol. The van der Waals surface area contributed by atoms with Gasteiger partial charge in [-0.1, -0.05) is 23.8 Å². The first-order valence-electron chi connectivity index (χ1n) is 9.12. The normalized spacial score (nSPS) is 11.6. The molecule has 1 amide bonds. The van der Waals surface area contributed by atoms with E-state index in [-0.39, 0.29) is 16.8 Å². The molecular weight excluding hydrogens is 406 g/mol. The van der Waals surface area contributed by atoms with Crippen LogP contribution in [0, 0.1) is 13.8 Å². The van der Waals surface area contributed by atoms with Crippen LogP contribution >= 0.6 is 11.3 Å². The molecule has 0 aliphatic carbocycles. The van der Waals surface area contributed by atoms with E-state index in [9.17, 15) is 13.2 Å². The standard InChI is InChI=1S/C21H23N3O3S2/c1-13(2)24-29(26,27)17-8-6-16(7-9-17)20(25)23-21-22-19(12-28-21)18-10-5-14(3)11-15(18)4/h5-13,24H,1-4H3,(H,22,23,25). The molecule has 0 atom stereocenters. The van der Waals surface area contributed by atoms with E-state index >= 15 is 0 Å². The molecule has 2 N–H and O–H groups in total. The maximum Gasteiger partial charge on any atom is 0.257 e. The number of sulfonamides is 1. The Hall–Kier alpha value is -2.55. The highest BCUT2D eigenvalue weighted by atomic mass is 32.2. The lowest BCUT2D eigenvalue weighted by Crippen LogP contribution is -2.30. The van der Waals surface area contributed by atoms with Crippen LogP contribution in [-0.2, 0) is 10.0 Å². The number of nitrogens with one attached hydrogen (secondary N) is 2. The van der Waals surface area contributed by atoms with Crippen molar-refractivity contribution in [3.63, 3.8) is 0 Å². The van der Waals surface area contributed by atoms with E-state index in [2.05, 4.69) is 21.1 Å². The number of thiazole rings is 1. The van der Waals surface area contributed by atoms with Gasteiger partial charge in [-0.05, 0) is 57.5 Å². The molecule has 0 radical (unpaired) electrons. The summed E-state index contributed by atoms with van der Waals surface area (Å²) < 4.78 is 26.9. The first-order chi connectivity index (χ1) is 13.7. The Kier molecular flexibility index (Phi) is 6.16. The van der Waals surface area contributed by atoms with Crippen LogP contribution in [0.5, 0.6) is 0 Å². The lowest BCUT2D eigenvalue weighted by molar-refractivity contribution is 0.102. The zero-order chi connectivity index (χ0) is 21.2. The molecule has 0 saturated carbocycles. The smallest absolute Gasteiger partial charge is 0.257 e. The predicted octanol–water partition coefficient (Wildman–Crippen LogP) is 4.37. The van der Waals surface area contributed by atoms with Gasteiger partial charge in [0.25, 0.3) is 5.91 Å². The second-order valence-corrected chi connectivity index (χ2v) is 9.68. The second kappa shape index (κ2) is 8.44. The van der Waals surface area contributed by atoms with Crippen molar-refractivity contribution >= 4 is 32.4 Å². The van der Waals surface area contributed by atoms with Crippen LogP contribution in [0.25, 0.3) is 11.3 Å². The summed E-state index contributed by atoms with van der Waals surface area (Å²) in [7, 11) is -3.59. The van der Waals surface area contributed by atoms with Gasteiger partial charge < -0.3 is 0 Å². The molecule has 0 saturated heterocycles. The maximum atomic E-state index is 12.5. The molecule has 29 heavy (non-hydrogen) atoms. The summed E-state index contributed by atoms with van der Waals surface area (Å²) in [6.07, 6.45) is 0. The van der Waals surface area contributed by atoms with E-state index in [1.165, 1.54) is 41.2 Å². The minimum atomic E-state index is -3.59. The highest BCUT2D eigenvalue weighted by Crippen LogP contribution is 2.28. The third kappa shape index (κ3) is 5.09. The van der Waals surface area contributed by atoms with Gasteiger partial charge in [0.15, 0.2) is 5.13 Å². The zero-order valence-electron chi connectivity index (χ0n) is 16.7. The molecule has 2 aromatic carbocycles. The average molecular weight is 430 g/mol. The quantitative estimate of drug-likeness (QED) is 0.609. The zero-order valence-corrected chi connectivity index (χ0v) is 18.3. The van der Waals surface area contributed by atoms with Crippen molar-refractivity contribution in [2.24, 2.45) is 0 Å². The molecule has 0 fully saturated rings. The number of rotatable bonds is 6. The highest BCUT2D eigenvalue weighted by molar-refractivity contribution is 7.89. The maximum absolute atomic E-state index is 12.5. The molecule has 0 spiro atoms. The van der Waals surface area contributed by atoms with Crippen molar-refractivity contribution in [3.05, 3.63) is 64.5 Å². The molecule has 0 bridgehead atoms. The number of carbonyl (C=O) groups is 1. The van der Waals surface area contributed by atoms with Crippen molar-refractivity contribution in [2.45, 2.75) is 38.6 Å². The fourth-order valence-electron chi connectivity index (χ4n) is 2.89. The Morgan fingerprint density at radius 2 is 1.76 bits per heavy atom. The summed E-state index contributed by atoms with van der Waals surface area (Å²) >= 11 is 1.35. The molecule has 1 heterocycles. The van der Waals surface area contributed by atoms with Crippen molar-refractivity contribution in [1.82, 2.24) is 9.71 Å². The lowest BCUT2D eigenvalue weighted by Gasteiger charge is -2.10. The van der Waals surface area contributed by atoms with E-state index in [1.54, 1.807) is 13.8 Å². The number of benzene rings is 2. The molecule has 0 aliphatic rings. The monoisotopic (exact) mass is 429 g/mol. The Bertz CT molecular complexity index is 1130. The van der Waals surface area contributed by atoms with Gasteiger partial charge >= 0.3 is 0 Å². The number of anilines is 1. The Labute approximate surface area is 175 Å². The van der Waals surface area contributed by atoms with Crippen LogP contribution in [0.15, 0.2) is 52.7 Å². The summed E-state index contributed by atoms with van der Waals surface area (Å²) in [6, 6.07) is 11.8. The molecule has 0 aliphatic heterocycles. The first kappa shape index (κ1) is 21.2. The van der Waals surface area contributed by atoms with Crippen LogP contribution in [0.1, 0.15) is 35.3 Å². The van der Waals surface area contributed by atoms with Crippen LogP contribution < -0.4 is 10.0 Å². The summed E-state index contributed by atoms with van der Waals surface area (Å²) in [5.41, 5.74) is 4.50. The third-order valence-electron chi connectivity index (χ3n) is 4.20. The van der Waals surface area contributed by atoms with Crippen molar-refractivity contribution in [2.75, 3.05) is 5.32 Å². The molecule has 3 rings (SSSR count). The van der Waals surface area contributed by atoms with Gasteiger partial charge in [0.1, 0.15) is 0 Å². The van der Waals surface area contributed by atoms with Gasteiger partial charge in [-0.2, -0.15) is 0 Å². The number of hydrogen-bond acceptors (Lipinski definition) is 5. The average Bonchev–Trinajstić information content (AvgIpc) is 3.09. The fourth-order valence-corrected chi connectivity index (χ4v) is 4.85. The Morgan fingerprint density at radius 3 is 2.38 bits per heavy atom. The van der Waals surface area contributed by atoms with E-state index in [1.807, 2.05) is 31.4 Å². The van der Waals surface area contributed by atoms with Gasteiger partial charge in [0, 0.05) is 22.5 Å². The van der Waals surface area contributed by atoms with Crippen LogP contribution in [0.3, 0.4) is 0 Å². The minimum absolute atomic E-state index is 0.120. The van der Waals surface area contributed by atoms with Gasteiger partial charge in [-0.15, -0.1) is 11.3 Å². The number of nitrogens with zero attached hydrogens (tertiary/aromatic N) is 1. The van der Waals surface area contributed by atoms with Gasteiger partial charge in [-0.3, -0.25) is 10.1 Å². The largest absolute Gasteiger partial charge is 0.298 e. The summed E-state index contributed by atoms with van der Waals surface area (Å²) in [6.45, 7) is 7.57. The molecule has 1 aromatic heterocycles. The molecule has 8 heteroatoms. The van der Waals surface area contributed by atoms with E-state index in [0.29, 0.717) is 10.7 Å². The lowest BCUT2D eigenvalue weighted by atomic mass is 10.0. The van der Waals surface area contributed by atoms with Gasteiger partial charge in [0.05, 0.1) is 10.6 Å². The number of aromatic nitrogens is 1. The summed E-state index contributed by atoms with van der Waals surface area (Å²) in [5.74, 6) is -0.340. The molecule has 6 nitrogen and oxygen atoms in total. The number of amides is 1. The van der Waals surface area contributed by atoms with E-state index in [0.717, 1.165) is 16.8 Å². The SMILES string of the molecule is Cc1ccc(-c2csc(NC(=O)c3ccc(S(=O)(=O)NC(C)C)cc3)n2)c(C)c1. The third-order valence-corrected chi connectivity index (χ3v) is 6.63. The summed E-state index contributed by atoms with van der Waals surface area (Å²) in [4.78, 5) is 17.1. The van der Waals surface area contributed by atoms with Crippen LogP contribution in [0.4, 0.5) is 5.13 Å². The van der Waals surface area contributed by atoms with Crippen LogP contribution in [0.2, 0.25) is 0 Å². The first-order valence-corrected chi connectivity index (χ1v) is 11.5. The highest BCUT2D eigenvalue weighted by Gasteiger charge is 2.17.